The molecule has 0 spiro atoms. The van der Waals surface area contributed by atoms with E-state index < -0.39 is 8.07 Å². The Labute approximate surface area is 100 Å². The SMILES string of the molecule is COc1cc2cc([Si](C)(C)C)oc2c(Cl)n1. The molecule has 0 amide bonds. The number of methoxy groups -OCH3 is 1. The molecule has 0 aliphatic carbocycles. The lowest BCUT2D eigenvalue weighted by Crippen LogP contribution is -2.36. The first kappa shape index (κ1) is 11.5. The van der Waals surface area contributed by atoms with Gasteiger partial charge in [-0.05, 0) is 6.07 Å². The van der Waals surface area contributed by atoms with E-state index in [-0.39, 0.29) is 0 Å². The first-order valence-corrected chi connectivity index (χ1v) is 8.94. The van der Waals surface area contributed by atoms with E-state index >= 15 is 0 Å². The summed E-state index contributed by atoms with van der Waals surface area (Å²) >= 11 is 6.03. The third kappa shape index (κ3) is 1.95. The molecule has 0 aliphatic rings. The predicted octanol–water partition coefficient (Wildman–Crippen LogP) is 3.04. The van der Waals surface area contributed by atoms with Gasteiger partial charge in [0, 0.05) is 11.5 Å². The van der Waals surface area contributed by atoms with Crippen LogP contribution in [0.15, 0.2) is 16.5 Å². The summed E-state index contributed by atoms with van der Waals surface area (Å²) in [6.07, 6.45) is 0. The van der Waals surface area contributed by atoms with Crippen molar-refractivity contribution in [2.45, 2.75) is 19.6 Å². The van der Waals surface area contributed by atoms with Gasteiger partial charge in [-0.1, -0.05) is 31.2 Å². The van der Waals surface area contributed by atoms with Crippen LogP contribution >= 0.6 is 11.6 Å². The maximum Gasteiger partial charge on any atom is 0.215 e. The molecule has 5 heteroatoms. The first-order chi connectivity index (χ1) is 7.41. The molecule has 0 atom stereocenters. The molecule has 3 nitrogen and oxygen atoms in total. The molecule has 0 bridgehead atoms. The van der Waals surface area contributed by atoms with Gasteiger partial charge in [-0.15, -0.1) is 0 Å². The number of ether oxygens (including phenoxy) is 1. The van der Waals surface area contributed by atoms with Gasteiger partial charge in [0.25, 0.3) is 0 Å². The first-order valence-electron chi connectivity index (χ1n) is 5.06. The summed E-state index contributed by atoms with van der Waals surface area (Å²) in [7, 11) is 0.113. The van der Waals surface area contributed by atoms with Crippen molar-refractivity contribution in [2.24, 2.45) is 0 Å². The number of hydrogen-bond acceptors (Lipinski definition) is 3. The highest BCUT2D eigenvalue weighted by Gasteiger charge is 2.22. The van der Waals surface area contributed by atoms with Crippen LogP contribution in [0, 0.1) is 0 Å². The molecule has 16 heavy (non-hydrogen) atoms. The van der Waals surface area contributed by atoms with Crippen molar-refractivity contribution in [1.29, 1.82) is 0 Å². The minimum absolute atomic E-state index is 0.360. The number of nitrogens with zero attached hydrogens (tertiary/aromatic N) is 1. The Kier molecular flexibility index (Phi) is 2.72. The van der Waals surface area contributed by atoms with Crippen molar-refractivity contribution in [3.05, 3.63) is 17.3 Å². The summed E-state index contributed by atoms with van der Waals surface area (Å²) in [5, 5.41) is 2.34. The quantitative estimate of drug-likeness (QED) is 0.611. The lowest BCUT2D eigenvalue weighted by molar-refractivity contribution is 0.398. The Morgan fingerprint density at radius 1 is 1.31 bits per heavy atom. The summed E-state index contributed by atoms with van der Waals surface area (Å²) in [5.74, 6) is 0.514. The number of fused-ring (bicyclic) bond motifs is 1. The Bertz CT molecular complexity index is 530. The molecule has 86 valence electrons. The van der Waals surface area contributed by atoms with Crippen molar-refractivity contribution in [2.75, 3.05) is 7.11 Å². The summed E-state index contributed by atoms with van der Waals surface area (Å²) in [6, 6.07) is 3.88. The van der Waals surface area contributed by atoms with Gasteiger partial charge >= 0.3 is 0 Å². The molecule has 0 aromatic carbocycles. The smallest absolute Gasteiger partial charge is 0.215 e. The van der Waals surface area contributed by atoms with E-state index in [0.717, 1.165) is 10.8 Å². The molecule has 0 fully saturated rings. The van der Waals surface area contributed by atoms with Crippen molar-refractivity contribution >= 4 is 36.0 Å². The Morgan fingerprint density at radius 3 is 2.56 bits per heavy atom. The molecule has 0 radical (unpaired) electrons. The second kappa shape index (κ2) is 3.78. The van der Waals surface area contributed by atoms with Gasteiger partial charge < -0.3 is 9.15 Å². The minimum Gasteiger partial charge on any atom is -0.481 e. The summed E-state index contributed by atoms with van der Waals surface area (Å²) < 4.78 is 10.8. The van der Waals surface area contributed by atoms with E-state index in [9.17, 15) is 0 Å². The summed E-state index contributed by atoms with van der Waals surface area (Å²) in [5.41, 5.74) is 0.653. The van der Waals surface area contributed by atoms with Gasteiger partial charge in [-0.2, -0.15) is 4.98 Å². The van der Waals surface area contributed by atoms with Gasteiger partial charge in [0.05, 0.1) is 12.5 Å². The fourth-order valence-electron chi connectivity index (χ4n) is 1.46. The molecule has 0 saturated carbocycles. The molecule has 0 N–H and O–H groups in total. The van der Waals surface area contributed by atoms with Gasteiger partial charge in [-0.25, -0.2) is 0 Å². The fraction of sp³-hybridized carbons (Fsp3) is 0.364. The number of rotatable bonds is 2. The third-order valence-electron chi connectivity index (χ3n) is 2.38. The van der Waals surface area contributed by atoms with E-state index in [1.54, 1.807) is 7.11 Å². The standard InChI is InChI=1S/C11H14ClNO2Si/c1-14-8-5-7-6-9(16(2,3)4)15-10(7)11(12)13-8/h5-6H,1-4H3. The Hall–Kier alpha value is -1.00. The van der Waals surface area contributed by atoms with Gasteiger partial charge in [-0.3, -0.25) is 0 Å². The highest BCUT2D eigenvalue weighted by Crippen LogP contribution is 2.26. The van der Waals surface area contributed by atoms with Crippen LogP contribution in [0.3, 0.4) is 0 Å². The van der Waals surface area contributed by atoms with Crippen LogP contribution in [0.25, 0.3) is 11.0 Å². The van der Waals surface area contributed by atoms with Crippen LogP contribution in [0.1, 0.15) is 0 Å². The zero-order chi connectivity index (χ0) is 11.9. The van der Waals surface area contributed by atoms with Crippen LogP contribution in [-0.4, -0.2) is 20.2 Å². The molecular weight excluding hydrogens is 242 g/mol. The lowest BCUT2D eigenvalue weighted by Gasteiger charge is -2.10. The van der Waals surface area contributed by atoms with Crippen molar-refractivity contribution in [3.63, 3.8) is 0 Å². The third-order valence-corrected chi connectivity index (χ3v) is 4.36. The van der Waals surface area contributed by atoms with Crippen molar-refractivity contribution in [1.82, 2.24) is 4.98 Å². The number of halogens is 1. The molecule has 0 unspecified atom stereocenters. The molecule has 2 rings (SSSR count). The van der Waals surface area contributed by atoms with E-state index in [0.29, 0.717) is 16.6 Å². The maximum absolute atomic E-state index is 6.03. The number of furan rings is 1. The Balaban J connectivity index is 2.66. The Morgan fingerprint density at radius 2 is 2.00 bits per heavy atom. The molecule has 2 aromatic rings. The molecular formula is C11H14ClNO2Si. The second-order valence-electron chi connectivity index (χ2n) is 4.73. The number of aromatic nitrogens is 1. The highest BCUT2D eigenvalue weighted by molar-refractivity contribution is 6.87. The van der Waals surface area contributed by atoms with Gasteiger partial charge in [0.1, 0.15) is 8.07 Å². The van der Waals surface area contributed by atoms with E-state index in [1.165, 1.54) is 0 Å². The molecule has 2 aromatic heterocycles. The van der Waals surface area contributed by atoms with Crippen molar-refractivity contribution < 1.29 is 9.15 Å². The second-order valence-corrected chi connectivity index (χ2v) is 10.1. The minimum atomic E-state index is -1.46. The lowest BCUT2D eigenvalue weighted by atomic mass is 10.3. The largest absolute Gasteiger partial charge is 0.481 e. The maximum atomic E-state index is 6.03. The van der Waals surface area contributed by atoms with Crippen molar-refractivity contribution in [3.8, 4) is 5.88 Å². The topological polar surface area (TPSA) is 35.3 Å². The molecule has 2 heterocycles. The zero-order valence-corrected chi connectivity index (χ0v) is 11.6. The number of pyridine rings is 1. The monoisotopic (exact) mass is 255 g/mol. The van der Waals surface area contributed by atoms with Gasteiger partial charge in [0.15, 0.2) is 10.7 Å². The summed E-state index contributed by atoms with van der Waals surface area (Å²) in [6.45, 7) is 6.68. The predicted molar refractivity (Wildman–Crippen MR) is 68.6 cm³/mol. The zero-order valence-electron chi connectivity index (χ0n) is 9.80. The van der Waals surface area contributed by atoms with Crippen LogP contribution in [0.4, 0.5) is 0 Å². The summed E-state index contributed by atoms with van der Waals surface area (Å²) in [4.78, 5) is 4.08. The van der Waals surface area contributed by atoms with Crippen LogP contribution in [0.2, 0.25) is 24.8 Å². The normalized spacial score (nSPS) is 12.1. The van der Waals surface area contributed by atoms with E-state index in [4.69, 9.17) is 20.8 Å². The van der Waals surface area contributed by atoms with Crippen LogP contribution in [-0.2, 0) is 0 Å². The number of hydrogen-bond donors (Lipinski definition) is 0. The molecule has 0 aliphatic heterocycles. The fourth-order valence-corrected chi connectivity index (χ4v) is 2.69. The average Bonchev–Trinajstić information content (AvgIpc) is 2.61. The van der Waals surface area contributed by atoms with E-state index in [2.05, 4.69) is 24.6 Å². The molecule has 0 saturated heterocycles. The van der Waals surface area contributed by atoms with Gasteiger partial charge in [0.2, 0.25) is 5.88 Å². The van der Waals surface area contributed by atoms with E-state index in [1.807, 2.05) is 12.1 Å². The van der Waals surface area contributed by atoms with Crippen LogP contribution < -0.4 is 10.1 Å². The highest BCUT2D eigenvalue weighted by atomic mass is 35.5. The van der Waals surface area contributed by atoms with Crippen LogP contribution in [0.5, 0.6) is 5.88 Å². The average molecular weight is 256 g/mol.